The van der Waals surface area contributed by atoms with Crippen molar-refractivity contribution in [2.24, 2.45) is 11.5 Å². The molecule has 0 radical (unpaired) electrons. The predicted octanol–water partition coefficient (Wildman–Crippen LogP) is 0.0462. The van der Waals surface area contributed by atoms with Gasteiger partial charge in [0.25, 0.3) is 0 Å². The molecule has 4 aromatic carbocycles. The van der Waals surface area contributed by atoms with E-state index in [2.05, 4.69) is 31.9 Å². The molecule has 14 nitrogen and oxygen atoms in total. The molecule has 0 bridgehead atoms. The lowest BCUT2D eigenvalue weighted by Crippen LogP contribution is -2.54. The minimum atomic E-state index is -0.989. The van der Waals surface area contributed by atoms with E-state index in [0.29, 0.717) is 12.8 Å². The summed E-state index contributed by atoms with van der Waals surface area (Å²) >= 11 is 0. The molecule has 0 heterocycles. The van der Waals surface area contributed by atoms with E-state index in [-0.39, 0.29) is 39.0 Å². The molecule has 14 heteroatoms. The van der Waals surface area contributed by atoms with E-state index in [1.54, 1.807) is 0 Å². The fourth-order valence-corrected chi connectivity index (χ4v) is 5.75. The van der Waals surface area contributed by atoms with E-state index >= 15 is 0 Å². The van der Waals surface area contributed by atoms with Crippen molar-refractivity contribution >= 4 is 35.4 Å². The maximum absolute atomic E-state index is 13.3. The zero-order valence-corrected chi connectivity index (χ0v) is 31.1. The predicted molar refractivity (Wildman–Crippen MR) is 212 cm³/mol. The van der Waals surface area contributed by atoms with E-state index < -0.39 is 59.6 Å². The molecule has 6 amide bonds. The number of hydrogen-bond acceptors (Lipinski definition) is 8. The van der Waals surface area contributed by atoms with Crippen LogP contribution in [0.1, 0.15) is 22.3 Å². The van der Waals surface area contributed by atoms with E-state index in [9.17, 15) is 28.8 Å². The topological polar surface area (TPSA) is 227 Å². The average molecular weight is 763 g/mol. The molecule has 0 aliphatic heterocycles. The molecule has 0 aliphatic carbocycles. The summed E-state index contributed by atoms with van der Waals surface area (Å²) in [6.45, 7) is -0.736. The van der Waals surface area contributed by atoms with Crippen molar-refractivity contribution in [2.45, 2.75) is 49.9 Å². The summed E-state index contributed by atoms with van der Waals surface area (Å²) in [5, 5.41) is 15.9. The van der Waals surface area contributed by atoms with Crippen molar-refractivity contribution in [3.05, 3.63) is 144 Å². The molecule has 294 valence electrons. The standard InChI is InChI=1S/C42H50N8O6/c43-33(23-29-13-5-1-6-14-29)39(53)47-27-37(51)49-35(25-31-17-9-3-10-18-31)41(55)45-21-22-46-42(56)36(26-32-19-11-4-12-20-32)50-38(52)28-48-40(54)34(44)24-30-15-7-2-8-16-30/h1-20,33-36H,21-28,43-44H2,(H,45,55)(H,46,56)(H,47,53)(H,48,54)(H,49,51)(H,50,52)/t33-,34?,35+,36?/m0/s1. The van der Waals surface area contributed by atoms with Crippen LogP contribution in [0.25, 0.3) is 0 Å². The monoisotopic (exact) mass is 762 g/mol. The van der Waals surface area contributed by atoms with Gasteiger partial charge >= 0.3 is 0 Å². The molecule has 0 saturated carbocycles. The first-order chi connectivity index (χ1) is 27.1. The van der Waals surface area contributed by atoms with Crippen LogP contribution in [-0.4, -0.2) is 85.8 Å². The summed E-state index contributed by atoms with van der Waals surface area (Å²) in [4.78, 5) is 77.6. The quantitative estimate of drug-likeness (QED) is 0.0540. The van der Waals surface area contributed by atoms with Crippen LogP contribution in [0.4, 0.5) is 0 Å². The van der Waals surface area contributed by atoms with E-state index in [1.165, 1.54) is 0 Å². The van der Waals surface area contributed by atoms with Gasteiger partial charge in [-0.25, -0.2) is 0 Å². The maximum Gasteiger partial charge on any atom is 0.242 e. The van der Waals surface area contributed by atoms with Crippen LogP contribution in [0.5, 0.6) is 0 Å². The van der Waals surface area contributed by atoms with Gasteiger partial charge in [0.1, 0.15) is 12.1 Å². The highest BCUT2D eigenvalue weighted by molar-refractivity contribution is 5.92. The molecule has 0 saturated heterocycles. The van der Waals surface area contributed by atoms with Gasteiger partial charge in [-0.2, -0.15) is 0 Å². The van der Waals surface area contributed by atoms with Crippen molar-refractivity contribution in [2.75, 3.05) is 26.2 Å². The first-order valence-corrected chi connectivity index (χ1v) is 18.4. The van der Waals surface area contributed by atoms with E-state index in [1.807, 2.05) is 121 Å². The number of nitrogens with one attached hydrogen (secondary N) is 6. The van der Waals surface area contributed by atoms with Gasteiger partial charge in [-0.1, -0.05) is 121 Å². The van der Waals surface area contributed by atoms with E-state index in [4.69, 9.17) is 11.5 Å². The summed E-state index contributed by atoms with van der Waals surface area (Å²) in [5.74, 6) is -3.17. The molecular weight excluding hydrogens is 713 g/mol. The van der Waals surface area contributed by atoms with E-state index in [0.717, 1.165) is 22.3 Å². The third kappa shape index (κ3) is 15.2. The van der Waals surface area contributed by atoms with Crippen molar-refractivity contribution in [1.29, 1.82) is 0 Å². The minimum Gasteiger partial charge on any atom is -0.353 e. The van der Waals surface area contributed by atoms with Crippen molar-refractivity contribution in [3.8, 4) is 0 Å². The van der Waals surface area contributed by atoms with Gasteiger partial charge in [0.15, 0.2) is 0 Å². The molecule has 4 aromatic rings. The van der Waals surface area contributed by atoms with Gasteiger partial charge in [0, 0.05) is 25.9 Å². The molecule has 4 rings (SSSR count). The lowest BCUT2D eigenvalue weighted by molar-refractivity contribution is -0.130. The summed E-state index contributed by atoms with van der Waals surface area (Å²) in [7, 11) is 0. The second kappa shape index (κ2) is 22.7. The van der Waals surface area contributed by atoms with Crippen molar-refractivity contribution in [3.63, 3.8) is 0 Å². The van der Waals surface area contributed by atoms with Crippen molar-refractivity contribution < 1.29 is 28.8 Å². The summed E-state index contributed by atoms with van der Waals surface area (Å²) in [5.41, 5.74) is 15.4. The Hall–Kier alpha value is -6.38. The third-order valence-corrected chi connectivity index (χ3v) is 8.71. The summed E-state index contributed by atoms with van der Waals surface area (Å²) in [6.07, 6.45) is 0.939. The molecule has 2 unspecified atom stereocenters. The number of carbonyl (C=O) groups excluding carboxylic acids is 6. The molecule has 10 N–H and O–H groups in total. The molecule has 0 spiro atoms. The Kier molecular flexibility index (Phi) is 17.2. The Morgan fingerprint density at radius 3 is 0.982 bits per heavy atom. The average Bonchev–Trinajstić information content (AvgIpc) is 3.21. The molecule has 4 atom stereocenters. The largest absolute Gasteiger partial charge is 0.353 e. The van der Waals surface area contributed by atoms with Crippen LogP contribution in [0, 0.1) is 0 Å². The maximum atomic E-state index is 13.3. The lowest BCUT2D eigenvalue weighted by atomic mass is 10.0. The van der Waals surface area contributed by atoms with Crippen LogP contribution in [0.2, 0.25) is 0 Å². The zero-order chi connectivity index (χ0) is 40.1. The van der Waals surface area contributed by atoms with Gasteiger partial charge in [-0.15, -0.1) is 0 Å². The highest BCUT2D eigenvalue weighted by Gasteiger charge is 2.24. The molecule has 0 aromatic heterocycles. The Bertz CT molecular complexity index is 1730. The van der Waals surface area contributed by atoms with Gasteiger partial charge < -0.3 is 43.4 Å². The Labute approximate surface area is 326 Å². The summed E-state index contributed by atoms with van der Waals surface area (Å²) in [6, 6.07) is 33.0. The number of carbonyl (C=O) groups is 6. The van der Waals surface area contributed by atoms with Crippen molar-refractivity contribution in [1.82, 2.24) is 31.9 Å². The zero-order valence-electron chi connectivity index (χ0n) is 31.1. The Morgan fingerprint density at radius 2 is 0.679 bits per heavy atom. The number of nitrogens with two attached hydrogens (primary N) is 2. The number of benzene rings is 4. The molecular formula is C42H50N8O6. The molecule has 0 aliphatic rings. The smallest absolute Gasteiger partial charge is 0.242 e. The third-order valence-electron chi connectivity index (χ3n) is 8.71. The number of rotatable bonds is 21. The van der Waals surface area contributed by atoms with Crippen LogP contribution >= 0.6 is 0 Å². The summed E-state index contributed by atoms with van der Waals surface area (Å²) < 4.78 is 0. The van der Waals surface area contributed by atoms with Gasteiger partial charge in [0.05, 0.1) is 25.2 Å². The normalized spacial score (nSPS) is 12.8. The van der Waals surface area contributed by atoms with Gasteiger partial charge in [0.2, 0.25) is 35.4 Å². The number of amides is 6. The molecule has 0 fully saturated rings. The Morgan fingerprint density at radius 1 is 0.393 bits per heavy atom. The minimum absolute atomic E-state index is 0.0121. The lowest BCUT2D eigenvalue weighted by Gasteiger charge is -2.21. The van der Waals surface area contributed by atoms with Gasteiger partial charge in [-0.05, 0) is 35.1 Å². The SMILES string of the molecule is NC(Cc1ccccc1)C(=O)NCC(=O)NC(Cc1ccccc1)C(=O)NCCNC(=O)[C@@H](Cc1ccccc1)NC(=O)CNC(=O)[C@@H](N)Cc1ccccc1. The fraction of sp³-hybridized carbons (Fsp3) is 0.286. The second-order valence-corrected chi connectivity index (χ2v) is 13.2. The highest BCUT2D eigenvalue weighted by Crippen LogP contribution is 2.06. The number of hydrogen-bond donors (Lipinski definition) is 8. The fourth-order valence-electron chi connectivity index (χ4n) is 5.75. The van der Waals surface area contributed by atoms with Crippen LogP contribution in [-0.2, 0) is 54.5 Å². The first-order valence-electron chi connectivity index (χ1n) is 18.4. The van der Waals surface area contributed by atoms with Crippen LogP contribution in [0.3, 0.4) is 0 Å². The van der Waals surface area contributed by atoms with Gasteiger partial charge in [-0.3, -0.25) is 28.8 Å². The Balaban J connectivity index is 1.27. The van der Waals surface area contributed by atoms with Crippen LogP contribution < -0.4 is 43.4 Å². The first kappa shape index (κ1) is 42.4. The highest BCUT2D eigenvalue weighted by atomic mass is 16.2. The molecule has 56 heavy (non-hydrogen) atoms. The second-order valence-electron chi connectivity index (χ2n) is 13.2. The van der Waals surface area contributed by atoms with Crippen LogP contribution in [0.15, 0.2) is 121 Å².